The molecule has 1 aromatic rings. The summed E-state index contributed by atoms with van der Waals surface area (Å²) in [5.74, 6) is 0.330. The van der Waals surface area contributed by atoms with Crippen LogP contribution >= 0.6 is 24.0 Å². The number of alkyl halides is 1. The van der Waals surface area contributed by atoms with E-state index < -0.39 is 0 Å². The third-order valence-corrected chi connectivity index (χ3v) is 1.15. The van der Waals surface area contributed by atoms with Gasteiger partial charge in [0, 0.05) is 6.07 Å². The predicted octanol–water partition coefficient (Wildman–Crippen LogP) is 0.931. The van der Waals surface area contributed by atoms with Crippen molar-refractivity contribution in [1.29, 1.82) is 0 Å². The molecule has 1 N–H and O–H groups in total. The number of hydrogen-bond donors (Lipinski definition) is 1. The zero-order valence-corrected chi connectivity index (χ0v) is 6.58. The lowest BCUT2D eigenvalue weighted by Crippen LogP contribution is -2.06. The molecule has 0 saturated heterocycles. The molecule has 0 aliphatic rings. The molecule has 0 saturated carbocycles. The number of H-pyrrole nitrogens is 1. The quantitative estimate of drug-likeness (QED) is 0.655. The topological polar surface area (TPSA) is 45.8 Å². The summed E-state index contributed by atoms with van der Waals surface area (Å²) in [4.78, 5) is 10.4. The number of rotatable bonds is 1. The molecule has 0 aromatic carbocycles. The van der Waals surface area contributed by atoms with Crippen LogP contribution in [0.5, 0.6) is 0 Å². The van der Waals surface area contributed by atoms with Crippen molar-refractivity contribution < 1.29 is 0 Å². The van der Waals surface area contributed by atoms with Crippen molar-refractivity contribution in [3.05, 3.63) is 28.2 Å². The Hall–Kier alpha value is -0.540. The fourth-order valence-electron chi connectivity index (χ4n) is 0.448. The van der Waals surface area contributed by atoms with Crippen molar-refractivity contribution in [2.75, 3.05) is 0 Å². The van der Waals surface area contributed by atoms with Gasteiger partial charge in [-0.2, -0.15) is 5.10 Å². The Morgan fingerprint density at radius 1 is 1.60 bits per heavy atom. The van der Waals surface area contributed by atoms with Gasteiger partial charge in [-0.15, -0.1) is 24.0 Å². The van der Waals surface area contributed by atoms with E-state index in [4.69, 9.17) is 11.6 Å². The van der Waals surface area contributed by atoms with Crippen molar-refractivity contribution in [3.63, 3.8) is 0 Å². The van der Waals surface area contributed by atoms with Crippen LogP contribution in [0.15, 0.2) is 16.9 Å². The van der Waals surface area contributed by atoms with Crippen LogP contribution in [-0.2, 0) is 5.88 Å². The molecule has 0 unspecified atom stereocenters. The number of nitrogens with zero attached hydrogens (tertiary/aromatic N) is 1. The molecule has 0 radical (unpaired) electrons. The molecular weight excluding hydrogens is 175 g/mol. The zero-order chi connectivity index (χ0) is 6.69. The summed E-state index contributed by atoms with van der Waals surface area (Å²) in [6, 6.07) is 2.98. The van der Waals surface area contributed by atoms with Crippen LogP contribution < -0.4 is 5.56 Å². The smallest absolute Gasteiger partial charge is 0.264 e. The monoisotopic (exact) mass is 180 g/mol. The molecule has 0 bridgehead atoms. The Bertz CT molecular complexity index is 227. The summed E-state index contributed by atoms with van der Waals surface area (Å²) in [5.41, 5.74) is 0.472. The molecule has 0 aliphatic carbocycles. The van der Waals surface area contributed by atoms with Gasteiger partial charge in [-0.25, -0.2) is 5.10 Å². The molecule has 0 fully saturated rings. The van der Waals surface area contributed by atoms with E-state index in [0.717, 1.165) is 0 Å². The Balaban J connectivity index is 0.000000810. The van der Waals surface area contributed by atoms with E-state index in [0.29, 0.717) is 11.6 Å². The van der Waals surface area contributed by atoms with Gasteiger partial charge >= 0.3 is 0 Å². The molecule has 56 valence electrons. The maximum Gasteiger partial charge on any atom is 0.264 e. The second kappa shape index (κ2) is 4.30. The van der Waals surface area contributed by atoms with Crippen LogP contribution in [0.4, 0.5) is 0 Å². The number of aromatic nitrogens is 2. The average molecular weight is 181 g/mol. The summed E-state index contributed by atoms with van der Waals surface area (Å²) in [7, 11) is 0. The molecule has 0 amide bonds. The number of aromatic amines is 1. The van der Waals surface area contributed by atoms with Crippen molar-refractivity contribution in [2.24, 2.45) is 0 Å². The first-order chi connectivity index (χ1) is 4.33. The predicted molar refractivity (Wildman–Crippen MR) is 41.7 cm³/mol. The molecule has 1 heterocycles. The van der Waals surface area contributed by atoms with Crippen LogP contribution in [0.1, 0.15) is 5.69 Å². The van der Waals surface area contributed by atoms with E-state index in [-0.39, 0.29) is 18.0 Å². The number of hydrogen-bond acceptors (Lipinski definition) is 2. The highest BCUT2D eigenvalue weighted by Crippen LogP contribution is 1.92. The van der Waals surface area contributed by atoms with E-state index in [9.17, 15) is 4.79 Å². The molecule has 0 aliphatic heterocycles. The van der Waals surface area contributed by atoms with Gasteiger partial charge in [-0.1, -0.05) is 0 Å². The normalized spacial score (nSPS) is 8.50. The Morgan fingerprint density at radius 3 is 2.70 bits per heavy atom. The van der Waals surface area contributed by atoms with Crippen LogP contribution in [0.3, 0.4) is 0 Å². The van der Waals surface area contributed by atoms with Crippen molar-refractivity contribution in [3.8, 4) is 0 Å². The van der Waals surface area contributed by atoms with Gasteiger partial charge in [-0.3, -0.25) is 4.79 Å². The molecule has 1 aromatic heterocycles. The van der Waals surface area contributed by atoms with Gasteiger partial charge in [0.1, 0.15) is 0 Å². The van der Waals surface area contributed by atoms with Gasteiger partial charge in [-0.05, 0) is 6.07 Å². The summed E-state index contributed by atoms with van der Waals surface area (Å²) in [6.45, 7) is 0. The summed E-state index contributed by atoms with van der Waals surface area (Å²) in [5, 5.41) is 5.89. The van der Waals surface area contributed by atoms with Crippen LogP contribution in [0, 0.1) is 0 Å². The van der Waals surface area contributed by atoms with E-state index >= 15 is 0 Å². The minimum absolute atomic E-state index is 0. The van der Waals surface area contributed by atoms with Gasteiger partial charge in [0.05, 0.1) is 11.6 Å². The number of nitrogens with one attached hydrogen (secondary N) is 1. The molecular formula is C5H6Cl2N2O. The SMILES string of the molecule is Cl.O=c1ccc(CCl)n[nH]1. The zero-order valence-electron chi connectivity index (χ0n) is 5.00. The highest BCUT2D eigenvalue weighted by molar-refractivity contribution is 6.16. The third-order valence-electron chi connectivity index (χ3n) is 0.874. The summed E-state index contributed by atoms with van der Waals surface area (Å²) < 4.78 is 0. The van der Waals surface area contributed by atoms with Crippen molar-refractivity contribution in [1.82, 2.24) is 10.2 Å². The van der Waals surface area contributed by atoms with Crippen molar-refractivity contribution in [2.45, 2.75) is 5.88 Å². The maximum atomic E-state index is 10.4. The van der Waals surface area contributed by atoms with Crippen LogP contribution in [-0.4, -0.2) is 10.2 Å². The first-order valence-electron chi connectivity index (χ1n) is 2.43. The van der Waals surface area contributed by atoms with Gasteiger partial charge in [0.15, 0.2) is 0 Å². The standard InChI is InChI=1S/C5H5ClN2O.ClH/c6-3-4-1-2-5(9)8-7-4;/h1-2H,3H2,(H,8,9);1H. The molecule has 3 nitrogen and oxygen atoms in total. The van der Waals surface area contributed by atoms with E-state index in [1.165, 1.54) is 6.07 Å². The minimum atomic E-state index is -0.205. The summed E-state index contributed by atoms with van der Waals surface area (Å²) >= 11 is 5.39. The lowest BCUT2D eigenvalue weighted by molar-refractivity contribution is 0.936. The maximum absolute atomic E-state index is 10.4. The molecule has 0 spiro atoms. The van der Waals surface area contributed by atoms with Crippen LogP contribution in [0.2, 0.25) is 0 Å². The minimum Gasteiger partial charge on any atom is -0.268 e. The molecule has 10 heavy (non-hydrogen) atoms. The summed E-state index contributed by atoms with van der Waals surface area (Å²) in [6.07, 6.45) is 0. The molecule has 5 heteroatoms. The Kier molecular flexibility index (Phi) is 4.07. The molecule has 0 atom stereocenters. The van der Waals surface area contributed by atoms with E-state index in [1.54, 1.807) is 6.07 Å². The van der Waals surface area contributed by atoms with Gasteiger partial charge in [0.25, 0.3) is 5.56 Å². The second-order valence-corrected chi connectivity index (χ2v) is 1.81. The van der Waals surface area contributed by atoms with Gasteiger partial charge in [0.2, 0.25) is 0 Å². The van der Waals surface area contributed by atoms with E-state index in [1.807, 2.05) is 0 Å². The lowest BCUT2D eigenvalue weighted by atomic mass is 10.4. The largest absolute Gasteiger partial charge is 0.268 e. The Labute approximate surface area is 68.8 Å². The lowest BCUT2D eigenvalue weighted by Gasteiger charge is -1.87. The number of halogens is 2. The van der Waals surface area contributed by atoms with Crippen LogP contribution in [0.25, 0.3) is 0 Å². The Morgan fingerprint density at radius 2 is 2.30 bits per heavy atom. The fraction of sp³-hybridized carbons (Fsp3) is 0.200. The first-order valence-corrected chi connectivity index (χ1v) is 2.97. The average Bonchev–Trinajstić information content (AvgIpc) is 1.90. The highest BCUT2D eigenvalue weighted by Gasteiger charge is 1.87. The van der Waals surface area contributed by atoms with Crippen molar-refractivity contribution >= 4 is 24.0 Å². The third kappa shape index (κ3) is 2.37. The fourth-order valence-corrected chi connectivity index (χ4v) is 0.597. The first kappa shape index (κ1) is 9.46. The molecule has 1 rings (SSSR count). The van der Waals surface area contributed by atoms with E-state index in [2.05, 4.69) is 10.2 Å². The highest BCUT2D eigenvalue weighted by atomic mass is 35.5. The van der Waals surface area contributed by atoms with Gasteiger partial charge < -0.3 is 0 Å². The second-order valence-electron chi connectivity index (χ2n) is 1.55.